The van der Waals surface area contributed by atoms with Gasteiger partial charge in [0.15, 0.2) is 0 Å². The molecule has 0 atom stereocenters. The van der Waals surface area contributed by atoms with Crippen molar-refractivity contribution in [2.24, 2.45) is 0 Å². The summed E-state index contributed by atoms with van der Waals surface area (Å²) in [5.74, 6) is 0.351. The Balaban J connectivity index is 1.43. The van der Waals surface area contributed by atoms with Gasteiger partial charge in [-0.05, 0) is 30.7 Å². The van der Waals surface area contributed by atoms with Gasteiger partial charge in [0, 0.05) is 18.2 Å². The highest BCUT2D eigenvalue weighted by Crippen LogP contribution is 2.29. The van der Waals surface area contributed by atoms with Gasteiger partial charge in [-0.25, -0.2) is 9.67 Å². The third-order valence-corrected chi connectivity index (χ3v) is 5.33. The quantitative estimate of drug-likeness (QED) is 0.466. The van der Waals surface area contributed by atoms with Crippen LogP contribution < -0.4 is 10.9 Å². The van der Waals surface area contributed by atoms with E-state index in [-0.39, 0.29) is 24.4 Å². The Morgan fingerprint density at radius 3 is 2.62 bits per heavy atom. The summed E-state index contributed by atoms with van der Waals surface area (Å²) >= 11 is 0. The summed E-state index contributed by atoms with van der Waals surface area (Å²) in [6.45, 7) is 2.10. The first-order valence-electron chi connectivity index (χ1n) is 10.3. The topological polar surface area (TPSA) is 94.2 Å². The number of hydrogen-bond acceptors (Lipinski definition) is 5. The molecule has 0 aliphatic rings. The molecule has 3 heterocycles. The van der Waals surface area contributed by atoms with Crippen molar-refractivity contribution < 1.29 is 4.79 Å². The zero-order valence-corrected chi connectivity index (χ0v) is 17.4. The molecule has 0 saturated carbocycles. The maximum Gasteiger partial charge on any atom is 0.277 e. The Morgan fingerprint density at radius 2 is 1.78 bits per heavy atom. The van der Waals surface area contributed by atoms with Gasteiger partial charge in [-0.2, -0.15) is 0 Å². The van der Waals surface area contributed by atoms with E-state index in [9.17, 15) is 9.59 Å². The minimum atomic E-state index is -0.265. The Bertz CT molecular complexity index is 1500. The van der Waals surface area contributed by atoms with Gasteiger partial charge in [0.25, 0.3) is 5.56 Å². The van der Waals surface area contributed by atoms with Gasteiger partial charge in [-0.1, -0.05) is 53.7 Å². The zero-order chi connectivity index (χ0) is 22.1. The van der Waals surface area contributed by atoms with Crippen molar-refractivity contribution in [1.29, 1.82) is 0 Å². The first-order chi connectivity index (χ1) is 15.6. The molecule has 1 N–H and O–H groups in total. The molecule has 0 radical (unpaired) electrons. The molecule has 3 aromatic heterocycles. The molecule has 0 saturated heterocycles. The fourth-order valence-corrected chi connectivity index (χ4v) is 3.69. The highest BCUT2D eigenvalue weighted by molar-refractivity contribution is 5.94. The zero-order valence-electron chi connectivity index (χ0n) is 17.4. The summed E-state index contributed by atoms with van der Waals surface area (Å²) in [5, 5.41) is 11.5. The lowest BCUT2D eigenvalue weighted by Crippen LogP contribution is -2.26. The van der Waals surface area contributed by atoms with Gasteiger partial charge in [0.2, 0.25) is 5.91 Å². The molecule has 8 nitrogen and oxygen atoms in total. The van der Waals surface area contributed by atoms with Crippen molar-refractivity contribution >= 4 is 28.3 Å². The molecule has 8 heteroatoms. The van der Waals surface area contributed by atoms with Crippen molar-refractivity contribution in [2.45, 2.75) is 19.9 Å². The predicted octanol–water partition coefficient (Wildman–Crippen LogP) is 3.44. The molecule has 1 amide bonds. The number of nitrogens with zero attached hydrogens (tertiary/aromatic N) is 5. The number of amides is 1. The molecule has 0 fully saturated rings. The summed E-state index contributed by atoms with van der Waals surface area (Å²) in [5.41, 5.74) is 3.64. The monoisotopic (exact) mass is 424 g/mol. The number of nitrogens with one attached hydrogen (secondary N) is 1. The van der Waals surface area contributed by atoms with Crippen molar-refractivity contribution in [2.75, 3.05) is 5.32 Å². The molecule has 0 spiro atoms. The average molecular weight is 424 g/mol. The molecule has 0 bridgehead atoms. The third kappa shape index (κ3) is 3.51. The molecular weight excluding hydrogens is 404 g/mol. The number of pyridine rings is 1. The number of carbonyl (C=O) groups is 1. The largest absolute Gasteiger partial charge is 0.310 e. The number of aryl methyl sites for hydroxylation is 2. The van der Waals surface area contributed by atoms with Crippen LogP contribution in [0.4, 0.5) is 5.82 Å². The highest BCUT2D eigenvalue weighted by atomic mass is 16.2. The van der Waals surface area contributed by atoms with Gasteiger partial charge < -0.3 is 5.32 Å². The number of benzene rings is 2. The number of imidazole rings is 1. The van der Waals surface area contributed by atoms with Crippen molar-refractivity contribution in [3.63, 3.8) is 0 Å². The molecule has 2 aromatic carbocycles. The lowest BCUT2D eigenvalue weighted by Gasteiger charge is -2.09. The lowest BCUT2D eigenvalue weighted by atomic mass is 10.1. The predicted molar refractivity (Wildman–Crippen MR) is 122 cm³/mol. The van der Waals surface area contributed by atoms with E-state index in [1.165, 1.54) is 4.68 Å². The number of fused-ring (bicyclic) bond motifs is 2. The van der Waals surface area contributed by atoms with E-state index in [4.69, 9.17) is 4.98 Å². The van der Waals surface area contributed by atoms with Crippen LogP contribution in [-0.4, -0.2) is 30.3 Å². The van der Waals surface area contributed by atoms with Gasteiger partial charge in [-0.15, -0.1) is 5.10 Å². The molecule has 5 rings (SSSR count). The van der Waals surface area contributed by atoms with Gasteiger partial charge >= 0.3 is 0 Å². The third-order valence-electron chi connectivity index (χ3n) is 5.33. The Kier molecular flexibility index (Phi) is 4.95. The van der Waals surface area contributed by atoms with Crippen LogP contribution in [-0.2, 0) is 11.3 Å². The fourth-order valence-electron chi connectivity index (χ4n) is 3.69. The summed E-state index contributed by atoms with van der Waals surface area (Å²) in [7, 11) is 0. The van der Waals surface area contributed by atoms with Crippen LogP contribution in [0.2, 0.25) is 0 Å². The first kappa shape index (κ1) is 19.6. The van der Waals surface area contributed by atoms with E-state index in [0.29, 0.717) is 22.4 Å². The number of carbonyl (C=O) groups excluding carboxylic acids is 1. The van der Waals surface area contributed by atoms with E-state index in [2.05, 4.69) is 15.6 Å². The smallest absolute Gasteiger partial charge is 0.277 e. The molecule has 0 aliphatic heterocycles. The van der Waals surface area contributed by atoms with Crippen molar-refractivity contribution in [3.8, 4) is 11.3 Å². The van der Waals surface area contributed by atoms with Crippen LogP contribution in [0.3, 0.4) is 0 Å². The van der Waals surface area contributed by atoms with Gasteiger partial charge in [0.05, 0.1) is 11.9 Å². The van der Waals surface area contributed by atoms with E-state index >= 15 is 0 Å². The molecule has 5 aromatic rings. The summed E-state index contributed by atoms with van der Waals surface area (Å²) in [6, 6.07) is 20.6. The molecular formula is C24H20N6O2. The van der Waals surface area contributed by atoms with E-state index in [1.807, 2.05) is 60.0 Å². The molecule has 32 heavy (non-hydrogen) atoms. The number of anilines is 1. The van der Waals surface area contributed by atoms with Crippen molar-refractivity contribution in [3.05, 3.63) is 88.8 Å². The number of hydrogen-bond donors (Lipinski definition) is 1. The second kappa shape index (κ2) is 8.07. The summed E-state index contributed by atoms with van der Waals surface area (Å²) in [4.78, 5) is 30.3. The van der Waals surface area contributed by atoms with Gasteiger partial charge in [-0.3, -0.25) is 14.0 Å². The lowest BCUT2D eigenvalue weighted by molar-refractivity contribution is -0.116. The first-order valence-corrected chi connectivity index (χ1v) is 10.3. The Morgan fingerprint density at radius 1 is 1.00 bits per heavy atom. The minimum absolute atomic E-state index is 0.0696. The van der Waals surface area contributed by atoms with Crippen LogP contribution >= 0.6 is 0 Å². The maximum atomic E-state index is 12.9. The molecule has 0 unspecified atom stereocenters. The minimum Gasteiger partial charge on any atom is -0.310 e. The number of rotatable bonds is 5. The van der Waals surface area contributed by atoms with Crippen LogP contribution in [0.5, 0.6) is 0 Å². The fraction of sp³-hybridized carbons (Fsp3) is 0.125. The molecule has 0 aliphatic carbocycles. The number of aromatic nitrogens is 5. The van der Waals surface area contributed by atoms with Crippen molar-refractivity contribution in [1.82, 2.24) is 24.4 Å². The normalized spacial score (nSPS) is 11.2. The van der Waals surface area contributed by atoms with Crippen LogP contribution in [0.1, 0.15) is 12.0 Å². The standard InChI is InChI=1S/C24H20N6O2/c1-16-8-7-14-29-22(16)26-21(17-9-3-2-4-10-17)23(29)25-20(31)13-15-30-24(32)18-11-5-6-12-19(18)27-28-30/h2-12,14H,13,15H2,1H3,(H,25,31). The van der Waals surface area contributed by atoms with E-state index in [1.54, 1.807) is 24.3 Å². The maximum absolute atomic E-state index is 12.9. The van der Waals surface area contributed by atoms with Crippen LogP contribution in [0, 0.1) is 6.92 Å². The van der Waals surface area contributed by atoms with Crippen LogP contribution in [0.25, 0.3) is 27.8 Å². The summed E-state index contributed by atoms with van der Waals surface area (Å²) in [6.07, 6.45) is 1.94. The molecule has 158 valence electrons. The second-order valence-electron chi connectivity index (χ2n) is 7.49. The Labute approximate surface area is 183 Å². The van der Waals surface area contributed by atoms with E-state index in [0.717, 1.165) is 16.8 Å². The van der Waals surface area contributed by atoms with Crippen LogP contribution in [0.15, 0.2) is 77.7 Å². The van der Waals surface area contributed by atoms with E-state index < -0.39 is 0 Å². The highest BCUT2D eigenvalue weighted by Gasteiger charge is 2.17. The SMILES string of the molecule is Cc1cccn2c(NC(=O)CCn3nnc4ccccc4c3=O)c(-c3ccccc3)nc12. The Hall–Kier alpha value is -4.33. The van der Waals surface area contributed by atoms with Gasteiger partial charge in [0.1, 0.15) is 22.7 Å². The summed E-state index contributed by atoms with van der Waals surface area (Å²) < 4.78 is 3.09. The average Bonchev–Trinajstić information content (AvgIpc) is 3.19. The second-order valence-corrected chi connectivity index (χ2v) is 7.49.